The number of carbonyl (C=O) groups is 2. The summed E-state index contributed by atoms with van der Waals surface area (Å²) >= 11 is 1.50. The molecule has 0 aromatic rings. The molecule has 110 valence electrons. The maximum Gasteiger partial charge on any atom is 0.326 e. The van der Waals surface area contributed by atoms with Crippen LogP contribution in [0.4, 0.5) is 4.79 Å². The Kier molecular flexibility index (Phi) is 5.92. The van der Waals surface area contributed by atoms with Crippen molar-refractivity contribution < 1.29 is 23.1 Å². The summed E-state index contributed by atoms with van der Waals surface area (Å²) in [5, 5.41) is 11.4. The van der Waals surface area contributed by atoms with Crippen molar-refractivity contribution >= 4 is 33.6 Å². The van der Waals surface area contributed by atoms with Crippen LogP contribution in [0.1, 0.15) is 6.42 Å². The van der Waals surface area contributed by atoms with Crippen molar-refractivity contribution in [2.24, 2.45) is 0 Å². The zero-order chi connectivity index (χ0) is 14.5. The van der Waals surface area contributed by atoms with Crippen LogP contribution in [0.15, 0.2) is 0 Å². The van der Waals surface area contributed by atoms with Crippen molar-refractivity contribution in [1.82, 2.24) is 10.2 Å². The molecule has 2 amide bonds. The fourth-order valence-corrected chi connectivity index (χ4v) is 3.32. The minimum Gasteiger partial charge on any atom is -0.480 e. The van der Waals surface area contributed by atoms with Gasteiger partial charge in [-0.1, -0.05) is 0 Å². The fourth-order valence-electron chi connectivity index (χ4n) is 1.65. The topological polar surface area (TPSA) is 104 Å². The predicted octanol–water partition coefficient (Wildman–Crippen LogP) is -0.367. The first kappa shape index (κ1) is 16.1. The van der Waals surface area contributed by atoms with Gasteiger partial charge >= 0.3 is 12.0 Å². The van der Waals surface area contributed by atoms with Crippen molar-refractivity contribution in [1.29, 1.82) is 0 Å². The summed E-state index contributed by atoms with van der Waals surface area (Å²) in [6.07, 6.45) is 2.20. The highest BCUT2D eigenvalue weighted by molar-refractivity contribution is 7.98. The largest absolute Gasteiger partial charge is 0.480 e. The highest BCUT2D eigenvalue weighted by Gasteiger charge is 2.27. The quantitative estimate of drug-likeness (QED) is 0.718. The molecule has 0 saturated carbocycles. The maximum absolute atomic E-state index is 11.8. The Morgan fingerprint density at radius 3 is 2.42 bits per heavy atom. The van der Waals surface area contributed by atoms with Gasteiger partial charge in [0.2, 0.25) is 0 Å². The molecule has 0 bridgehead atoms. The van der Waals surface area contributed by atoms with Crippen LogP contribution < -0.4 is 5.32 Å². The number of carboxylic acids is 1. The number of rotatable bonds is 5. The van der Waals surface area contributed by atoms with Gasteiger partial charge < -0.3 is 15.3 Å². The second-order valence-corrected chi connectivity index (χ2v) is 7.55. The van der Waals surface area contributed by atoms with E-state index in [1.54, 1.807) is 0 Å². The van der Waals surface area contributed by atoms with Gasteiger partial charge in [-0.3, -0.25) is 0 Å². The summed E-state index contributed by atoms with van der Waals surface area (Å²) in [7, 11) is -3.05. The Balaban J connectivity index is 2.51. The van der Waals surface area contributed by atoms with Crippen LogP contribution in [0.5, 0.6) is 0 Å². The predicted molar refractivity (Wildman–Crippen MR) is 73.2 cm³/mol. The molecule has 1 unspecified atom stereocenters. The van der Waals surface area contributed by atoms with Crippen molar-refractivity contribution in [3.8, 4) is 0 Å². The fraction of sp³-hybridized carbons (Fsp3) is 0.800. The second kappa shape index (κ2) is 6.99. The van der Waals surface area contributed by atoms with Gasteiger partial charge in [0.15, 0.2) is 9.84 Å². The van der Waals surface area contributed by atoms with Crippen molar-refractivity contribution in [2.45, 2.75) is 12.5 Å². The lowest BCUT2D eigenvalue weighted by Crippen LogP contribution is -2.52. The summed E-state index contributed by atoms with van der Waals surface area (Å²) in [6.45, 7) is 0.228. The third-order valence-electron chi connectivity index (χ3n) is 2.84. The van der Waals surface area contributed by atoms with E-state index < -0.39 is 27.9 Å². The summed E-state index contributed by atoms with van der Waals surface area (Å²) in [6, 6.07) is -1.44. The number of aliphatic carboxylic acids is 1. The van der Waals surface area contributed by atoms with Crippen molar-refractivity contribution in [3.63, 3.8) is 0 Å². The van der Waals surface area contributed by atoms with Gasteiger partial charge in [-0.25, -0.2) is 18.0 Å². The van der Waals surface area contributed by atoms with Crippen LogP contribution in [0.2, 0.25) is 0 Å². The number of carboxylic acid groups (broad SMARTS) is 1. The highest BCUT2D eigenvalue weighted by Crippen LogP contribution is 2.06. The van der Waals surface area contributed by atoms with Gasteiger partial charge in [0.05, 0.1) is 11.5 Å². The molecule has 0 aromatic carbocycles. The number of hydrogen-bond donors (Lipinski definition) is 2. The maximum atomic E-state index is 11.8. The molecule has 1 saturated heterocycles. The Hall–Kier alpha value is -0.960. The molecule has 9 heteroatoms. The molecule has 1 aliphatic rings. The molecule has 1 atom stereocenters. The molecule has 0 spiro atoms. The van der Waals surface area contributed by atoms with Crippen LogP contribution in [0, 0.1) is 0 Å². The summed E-state index contributed by atoms with van der Waals surface area (Å²) < 4.78 is 22.5. The number of amides is 2. The average Bonchev–Trinajstić information content (AvgIpc) is 2.33. The zero-order valence-electron chi connectivity index (χ0n) is 10.7. The number of sulfone groups is 1. The first-order valence-electron chi connectivity index (χ1n) is 5.83. The third kappa shape index (κ3) is 5.27. The summed E-state index contributed by atoms with van der Waals surface area (Å²) in [5.74, 6) is -0.579. The Morgan fingerprint density at radius 1 is 1.37 bits per heavy atom. The smallest absolute Gasteiger partial charge is 0.326 e. The molecule has 1 heterocycles. The molecule has 19 heavy (non-hydrogen) atoms. The van der Waals surface area contributed by atoms with E-state index in [1.807, 2.05) is 6.26 Å². The van der Waals surface area contributed by atoms with Gasteiger partial charge in [0, 0.05) is 13.1 Å². The number of urea groups is 1. The lowest BCUT2D eigenvalue weighted by atomic mass is 10.2. The van der Waals surface area contributed by atoms with E-state index in [1.165, 1.54) is 16.7 Å². The molecule has 0 aliphatic carbocycles. The van der Waals surface area contributed by atoms with E-state index in [0.29, 0.717) is 12.2 Å². The average molecular weight is 310 g/mol. The van der Waals surface area contributed by atoms with Crippen LogP contribution in [0.25, 0.3) is 0 Å². The van der Waals surface area contributed by atoms with Crippen molar-refractivity contribution in [2.75, 3.05) is 36.6 Å². The summed E-state index contributed by atoms with van der Waals surface area (Å²) in [5.41, 5.74) is 0. The zero-order valence-corrected chi connectivity index (χ0v) is 12.3. The van der Waals surface area contributed by atoms with E-state index >= 15 is 0 Å². The molecule has 7 nitrogen and oxygen atoms in total. The van der Waals surface area contributed by atoms with Crippen LogP contribution in [0.3, 0.4) is 0 Å². The van der Waals surface area contributed by atoms with E-state index in [0.717, 1.165) is 0 Å². The van der Waals surface area contributed by atoms with E-state index in [9.17, 15) is 18.0 Å². The summed E-state index contributed by atoms with van der Waals surface area (Å²) in [4.78, 5) is 24.2. The number of thioether (sulfide) groups is 1. The molecular weight excluding hydrogens is 292 g/mol. The lowest BCUT2D eigenvalue weighted by Gasteiger charge is -2.28. The minimum absolute atomic E-state index is 0.0665. The Labute approximate surface area is 116 Å². The van der Waals surface area contributed by atoms with Crippen LogP contribution >= 0.6 is 11.8 Å². The van der Waals surface area contributed by atoms with Gasteiger partial charge in [0.1, 0.15) is 6.04 Å². The molecular formula is C10H18N2O5S2. The second-order valence-electron chi connectivity index (χ2n) is 4.26. The van der Waals surface area contributed by atoms with E-state index in [-0.39, 0.29) is 24.6 Å². The Bertz CT molecular complexity index is 423. The number of nitrogens with one attached hydrogen (secondary N) is 1. The Morgan fingerprint density at radius 2 is 1.95 bits per heavy atom. The first-order chi connectivity index (χ1) is 8.85. The van der Waals surface area contributed by atoms with E-state index in [2.05, 4.69) is 5.32 Å². The minimum atomic E-state index is -3.05. The van der Waals surface area contributed by atoms with Gasteiger partial charge in [-0.15, -0.1) is 0 Å². The molecule has 1 rings (SSSR count). The molecule has 1 aliphatic heterocycles. The lowest BCUT2D eigenvalue weighted by molar-refractivity contribution is -0.139. The van der Waals surface area contributed by atoms with Crippen molar-refractivity contribution in [3.05, 3.63) is 0 Å². The SMILES string of the molecule is CSCCC(NC(=O)N1CCS(=O)(=O)CC1)C(=O)O. The number of hydrogen-bond acceptors (Lipinski definition) is 5. The highest BCUT2D eigenvalue weighted by atomic mass is 32.2. The first-order valence-corrected chi connectivity index (χ1v) is 9.05. The number of carbonyl (C=O) groups excluding carboxylic acids is 1. The normalized spacial score (nSPS) is 19.7. The molecule has 2 N–H and O–H groups in total. The van der Waals surface area contributed by atoms with E-state index in [4.69, 9.17) is 5.11 Å². The van der Waals surface area contributed by atoms with Gasteiger partial charge in [-0.05, 0) is 18.4 Å². The standard InChI is InChI=1S/C10H18N2O5S2/c1-18-5-2-8(9(13)14)11-10(15)12-3-6-19(16,17)7-4-12/h8H,2-7H2,1H3,(H,11,15)(H,13,14). The molecule has 0 aromatic heterocycles. The van der Waals surface area contributed by atoms with Crippen LogP contribution in [-0.4, -0.2) is 73.1 Å². The van der Waals surface area contributed by atoms with Crippen LogP contribution in [-0.2, 0) is 14.6 Å². The number of nitrogens with zero attached hydrogens (tertiary/aromatic N) is 1. The van der Waals surface area contributed by atoms with Gasteiger partial charge in [0.25, 0.3) is 0 Å². The monoisotopic (exact) mass is 310 g/mol. The third-order valence-corrected chi connectivity index (χ3v) is 5.09. The molecule has 0 radical (unpaired) electrons. The molecule has 1 fully saturated rings. The van der Waals surface area contributed by atoms with Gasteiger partial charge in [-0.2, -0.15) is 11.8 Å².